The predicted molar refractivity (Wildman–Crippen MR) is 103 cm³/mol. The molecule has 0 aromatic carbocycles. The van der Waals surface area contributed by atoms with Crippen LogP contribution >= 0.6 is 11.3 Å². The van der Waals surface area contributed by atoms with Crippen molar-refractivity contribution < 1.29 is 4.52 Å². The van der Waals surface area contributed by atoms with E-state index in [-0.39, 0.29) is 0 Å². The lowest BCUT2D eigenvalue weighted by molar-refractivity contribution is 0.186. The van der Waals surface area contributed by atoms with Crippen LogP contribution in [0.2, 0.25) is 0 Å². The van der Waals surface area contributed by atoms with Crippen LogP contribution in [0.4, 0.5) is 0 Å². The number of nitrogens with zero attached hydrogens (tertiary/aromatic N) is 5. The number of aromatic amines is 1. The van der Waals surface area contributed by atoms with Crippen molar-refractivity contribution in [3.8, 4) is 11.5 Å². The molecule has 1 saturated heterocycles. The van der Waals surface area contributed by atoms with Gasteiger partial charge in [-0.3, -0.25) is 4.90 Å². The molecular formula is C19H20N6OS. The molecule has 0 radical (unpaired) electrons. The van der Waals surface area contributed by atoms with Gasteiger partial charge in [-0.15, -0.1) is 11.3 Å². The first-order valence-corrected chi connectivity index (χ1v) is 10.0. The average molecular weight is 380 g/mol. The number of aryl methyl sites for hydroxylation is 1. The minimum atomic E-state index is 0.314. The van der Waals surface area contributed by atoms with Gasteiger partial charge < -0.3 is 9.51 Å². The van der Waals surface area contributed by atoms with Gasteiger partial charge >= 0.3 is 0 Å². The molecule has 1 fully saturated rings. The molecule has 0 spiro atoms. The lowest BCUT2D eigenvalue weighted by Gasteiger charge is -2.29. The monoisotopic (exact) mass is 380 g/mol. The Morgan fingerprint density at radius 2 is 2.07 bits per heavy atom. The van der Waals surface area contributed by atoms with Crippen LogP contribution in [-0.4, -0.2) is 43.1 Å². The van der Waals surface area contributed by atoms with Crippen molar-refractivity contribution in [2.24, 2.45) is 0 Å². The molecule has 0 bridgehead atoms. The molecule has 1 N–H and O–H groups in total. The fourth-order valence-electron chi connectivity index (χ4n) is 3.61. The summed E-state index contributed by atoms with van der Waals surface area (Å²) >= 11 is 1.71. The van der Waals surface area contributed by atoms with Crippen LogP contribution in [-0.2, 0) is 6.54 Å². The first-order valence-electron chi connectivity index (χ1n) is 9.16. The third-order valence-electron chi connectivity index (χ3n) is 5.07. The Morgan fingerprint density at radius 1 is 1.19 bits per heavy atom. The Bertz CT molecular complexity index is 1060. The highest BCUT2D eigenvalue weighted by molar-refractivity contribution is 7.09. The topological polar surface area (TPSA) is 83.7 Å². The molecule has 8 heteroatoms. The number of nitrogens with one attached hydrogen (secondary N) is 1. The van der Waals surface area contributed by atoms with E-state index in [0.29, 0.717) is 11.7 Å². The Labute approximate surface area is 160 Å². The van der Waals surface area contributed by atoms with Gasteiger partial charge in [-0.2, -0.15) is 4.98 Å². The molecule has 0 amide bonds. The van der Waals surface area contributed by atoms with E-state index in [0.717, 1.165) is 60.1 Å². The minimum Gasteiger partial charge on any atom is -0.346 e. The summed E-state index contributed by atoms with van der Waals surface area (Å²) in [6.07, 6.45) is 3.92. The van der Waals surface area contributed by atoms with E-state index in [1.807, 2.05) is 24.4 Å². The number of rotatable bonds is 4. The van der Waals surface area contributed by atoms with Gasteiger partial charge in [0.1, 0.15) is 11.3 Å². The highest BCUT2D eigenvalue weighted by Crippen LogP contribution is 2.29. The lowest BCUT2D eigenvalue weighted by Crippen LogP contribution is -2.32. The minimum absolute atomic E-state index is 0.314. The van der Waals surface area contributed by atoms with E-state index in [9.17, 15) is 0 Å². The zero-order valence-electron chi connectivity index (χ0n) is 15.1. The smallest absolute Gasteiger partial charge is 0.230 e. The van der Waals surface area contributed by atoms with Gasteiger partial charge in [0.25, 0.3) is 0 Å². The van der Waals surface area contributed by atoms with Crippen LogP contribution in [0.25, 0.3) is 22.6 Å². The van der Waals surface area contributed by atoms with Gasteiger partial charge in [-0.25, -0.2) is 9.97 Å². The number of hydrogen-bond acceptors (Lipinski definition) is 7. The zero-order chi connectivity index (χ0) is 18.2. The van der Waals surface area contributed by atoms with Crippen molar-refractivity contribution in [2.45, 2.75) is 32.2 Å². The van der Waals surface area contributed by atoms with Gasteiger partial charge in [0.05, 0.1) is 10.7 Å². The van der Waals surface area contributed by atoms with Crippen LogP contribution < -0.4 is 0 Å². The van der Waals surface area contributed by atoms with Crippen LogP contribution in [0.15, 0.2) is 34.3 Å². The van der Waals surface area contributed by atoms with E-state index in [1.54, 1.807) is 11.3 Å². The van der Waals surface area contributed by atoms with Crippen molar-refractivity contribution in [3.63, 3.8) is 0 Å². The number of hydrogen-bond donors (Lipinski definition) is 1. The van der Waals surface area contributed by atoms with Gasteiger partial charge in [-0.05, 0) is 51.1 Å². The summed E-state index contributed by atoms with van der Waals surface area (Å²) < 4.78 is 5.57. The maximum absolute atomic E-state index is 5.57. The second kappa shape index (κ2) is 6.86. The summed E-state index contributed by atoms with van der Waals surface area (Å²) in [6.45, 7) is 5.01. The van der Waals surface area contributed by atoms with E-state index < -0.39 is 0 Å². The summed E-state index contributed by atoms with van der Waals surface area (Å²) in [5.74, 6) is 1.60. The third-order valence-corrected chi connectivity index (χ3v) is 5.89. The standard InChI is InChI=1S/C19H20N6OS/c1-12-21-15(11-27-12)10-25-8-5-14(6-9-25)19-23-18(24-26-19)16-3-2-13-4-7-20-17(13)22-16/h2-4,7,11,14H,5-6,8-10H2,1H3,(H,20,22). The first kappa shape index (κ1) is 16.6. The van der Waals surface area contributed by atoms with Gasteiger partial charge in [-0.1, -0.05) is 5.16 Å². The van der Waals surface area contributed by atoms with Gasteiger partial charge in [0, 0.05) is 29.4 Å². The predicted octanol–water partition coefficient (Wildman–Crippen LogP) is 3.76. The molecule has 1 aliphatic heterocycles. The van der Waals surface area contributed by atoms with Crippen molar-refractivity contribution in [1.82, 2.24) is 30.0 Å². The van der Waals surface area contributed by atoms with Gasteiger partial charge in [0.15, 0.2) is 0 Å². The molecule has 4 aromatic heterocycles. The maximum Gasteiger partial charge on any atom is 0.230 e. The summed E-state index contributed by atoms with van der Waals surface area (Å²) in [5.41, 5.74) is 2.74. The Hall–Kier alpha value is -2.58. The molecule has 27 heavy (non-hydrogen) atoms. The quantitative estimate of drug-likeness (QED) is 0.580. The Morgan fingerprint density at radius 3 is 2.89 bits per heavy atom. The van der Waals surface area contributed by atoms with Crippen molar-refractivity contribution >= 4 is 22.4 Å². The van der Waals surface area contributed by atoms with Crippen LogP contribution in [0.3, 0.4) is 0 Å². The summed E-state index contributed by atoms with van der Waals surface area (Å²) in [6, 6.07) is 5.95. The third kappa shape index (κ3) is 3.38. The number of likely N-dealkylation sites (tertiary alicyclic amines) is 1. The molecule has 0 atom stereocenters. The number of piperidine rings is 1. The highest BCUT2D eigenvalue weighted by atomic mass is 32.1. The fourth-order valence-corrected chi connectivity index (χ4v) is 4.21. The summed E-state index contributed by atoms with van der Waals surface area (Å²) in [5, 5.41) is 8.51. The van der Waals surface area contributed by atoms with E-state index in [2.05, 4.69) is 42.3 Å². The molecular weight excluding hydrogens is 360 g/mol. The Balaban J connectivity index is 1.25. The zero-order valence-corrected chi connectivity index (χ0v) is 15.9. The van der Waals surface area contributed by atoms with Crippen molar-refractivity contribution in [3.05, 3.63) is 46.4 Å². The highest BCUT2D eigenvalue weighted by Gasteiger charge is 2.26. The molecule has 5 heterocycles. The number of thiazole rings is 1. The number of aromatic nitrogens is 5. The van der Waals surface area contributed by atoms with Crippen molar-refractivity contribution in [2.75, 3.05) is 13.1 Å². The van der Waals surface area contributed by atoms with Crippen LogP contribution in [0.1, 0.15) is 35.4 Å². The summed E-state index contributed by atoms with van der Waals surface area (Å²) in [7, 11) is 0. The van der Waals surface area contributed by atoms with E-state index in [4.69, 9.17) is 4.52 Å². The second-order valence-electron chi connectivity index (χ2n) is 6.98. The van der Waals surface area contributed by atoms with E-state index in [1.165, 1.54) is 5.69 Å². The molecule has 5 rings (SSSR count). The maximum atomic E-state index is 5.57. The molecule has 0 unspecified atom stereocenters. The largest absolute Gasteiger partial charge is 0.346 e. The molecule has 138 valence electrons. The molecule has 4 aromatic rings. The molecule has 0 saturated carbocycles. The van der Waals surface area contributed by atoms with Crippen LogP contribution in [0, 0.1) is 6.92 Å². The van der Waals surface area contributed by atoms with Crippen molar-refractivity contribution in [1.29, 1.82) is 0 Å². The lowest BCUT2D eigenvalue weighted by atomic mass is 9.96. The molecule has 0 aliphatic carbocycles. The number of fused-ring (bicyclic) bond motifs is 1. The van der Waals surface area contributed by atoms with E-state index >= 15 is 0 Å². The molecule has 7 nitrogen and oxygen atoms in total. The first-order chi connectivity index (χ1) is 13.2. The normalized spacial score (nSPS) is 16.3. The SMILES string of the molecule is Cc1nc(CN2CCC(c3nc(-c4ccc5cc[nH]c5n4)no3)CC2)cs1. The van der Waals surface area contributed by atoms with Crippen LogP contribution in [0.5, 0.6) is 0 Å². The fraction of sp³-hybridized carbons (Fsp3) is 0.368. The Kier molecular flexibility index (Phi) is 4.21. The average Bonchev–Trinajstić information content (AvgIpc) is 3.42. The second-order valence-corrected chi connectivity index (χ2v) is 8.04. The molecule has 1 aliphatic rings. The van der Waals surface area contributed by atoms with Gasteiger partial charge in [0.2, 0.25) is 11.7 Å². The number of pyridine rings is 1. The number of H-pyrrole nitrogens is 1. The summed E-state index contributed by atoms with van der Waals surface area (Å²) in [4.78, 5) is 19.3.